The Bertz CT molecular complexity index is 231. The molecule has 0 radical (unpaired) electrons. The first kappa shape index (κ1) is 19.1. The van der Waals surface area contributed by atoms with Gasteiger partial charge in [0.25, 0.3) is 0 Å². The third kappa shape index (κ3) is 8.04. The number of rotatable bonds is 11. The van der Waals surface area contributed by atoms with Crippen molar-refractivity contribution in [1.82, 2.24) is 0 Å². The Morgan fingerprint density at radius 3 is 1.95 bits per heavy atom. The van der Waals surface area contributed by atoms with Crippen LogP contribution in [0.4, 0.5) is 0 Å². The molecular weight excluding hydrogens is 258 g/mol. The molecule has 4 nitrogen and oxygen atoms in total. The average Bonchev–Trinajstić information content (AvgIpc) is 2.34. The van der Waals surface area contributed by atoms with Crippen LogP contribution >= 0.6 is 0 Å². The van der Waals surface area contributed by atoms with E-state index in [9.17, 15) is 0 Å². The summed E-state index contributed by atoms with van der Waals surface area (Å²) in [7, 11) is 5.55. The van der Waals surface area contributed by atoms with Gasteiger partial charge in [-0.2, -0.15) is 0 Å². The number of nitrogens with zero attached hydrogens (tertiary/aromatic N) is 1. The van der Waals surface area contributed by atoms with E-state index in [2.05, 4.69) is 21.0 Å². The Morgan fingerprint density at radius 1 is 1.00 bits per heavy atom. The van der Waals surface area contributed by atoms with Crippen molar-refractivity contribution in [3.8, 4) is 0 Å². The number of quaternary nitrogens is 1. The molecule has 0 aliphatic rings. The topological polar surface area (TPSA) is 27.7 Å². The second-order valence-electron chi connectivity index (χ2n) is 6.10. The third-order valence-electron chi connectivity index (χ3n) is 3.40. The maximum atomic E-state index is 5.92. The first-order valence-electron chi connectivity index (χ1n) is 7.41. The SMILES string of the molecule is CCCC[N+](C)(C)CCC[Si](OC)(OC)OC(C)C. The van der Waals surface area contributed by atoms with E-state index in [0.717, 1.165) is 23.5 Å². The van der Waals surface area contributed by atoms with Gasteiger partial charge < -0.3 is 17.8 Å². The van der Waals surface area contributed by atoms with Crippen molar-refractivity contribution in [1.29, 1.82) is 0 Å². The molecule has 0 unspecified atom stereocenters. The summed E-state index contributed by atoms with van der Waals surface area (Å²) < 4.78 is 18.1. The van der Waals surface area contributed by atoms with Crippen LogP contribution in [0.2, 0.25) is 6.04 Å². The van der Waals surface area contributed by atoms with Gasteiger partial charge in [-0.1, -0.05) is 13.3 Å². The van der Waals surface area contributed by atoms with E-state index < -0.39 is 8.80 Å². The number of hydrogen-bond donors (Lipinski definition) is 0. The first-order chi connectivity index (χ1) is 8.81. The molecule has 0 aromatic rings. The van der Waals surface area contributed by atoms with Crippen LogP contribution in [-0.4, -0.2) is 60.8 Å². The maximum absolute atomic E-state index is 5.92. The van der Waals surface area contributed by atoms with Crippen LogP contribution in [0.1, 0.15) is 40.0 Å². The quantitative estimate of drug-likeness (QED) is 0.433. The smallest absolute Gasteiger partial charge is 0.377 e. The molecule has 19 heavy (non-hydrogen) atoms. The molecule has 0 saturated carbocycles. The number of hydrogen-bond acceptors (Lipinski definition) is 3. The summed E-state index contributed by atoms with van der Waals surface area (Å²) in [6, 6.07) is 0.895. The molecule has 0 aliphatic carbocycles. The molecule has 116 valence electrons. The van der Waals surface area contributed by atoms with Crippen LogP contribution in [0, 0.1) is 0 Å². The van der Waals surface area contributed by atoms with E-state index in [4.69, 9.17) is 13.3 Å². The van der Waals surface area contributed by atoms with Gasteiger partial charge in [0.2, 0.25) is 0 Å². The van der Waals surface area contributed by atoms with Crippen LogP contribution < -0.4 is 0 Å². The molecule has 0 N–H and O–H groups in total. The largest absolute Gasteiger partial charge is 0.500 e. The molecule has 0 bridgehead atoms. The summed E-state index contributed by atoms with van der Waals surface area (Å²) >= 11 is 0. The first-order valence-corrected chi connectivity index (χ1v) is 9.34. The highest BCUT2D eigenvalue weighted by atomic mass is 28.4. The second kappa shape index (κ2) is 9.08. The normalized spacial score (nSPS) is 13.3. The van der Waals surface area contributed by atoms with Crippen LogP contribution in [0.25, 0.3) is 0 Å². The van der Waals surface area contributed by atoms with Gasteiger partial charge in [-0.25, -0.2) is 0 Å². The third-order valence-corrected chi connectivity index (χ3v) is 6.44. The van der Waals surface area contributed by atoms with E-state index in [1.807, 2.05) is 13.8 Å². The van der Waals surface area contributed by atoms with E-state index in [0.29, 0.717) is 0 Å². The van der Waals surface area contributed by atoms with Crippen molar-refractivity contribution in [2.24, 2.45) is 0 Å². The standard InChI is InChI=1S/C14H34NO3Si/c1-8-9-11-15(4,5)12-10-13-19(16-6,17-7)18-14(2)3/h14H,8-13H2,1-7H3/q+1. The molecular formula is C14H34NO3Si+. The summed E-state index contributed by atoms with van der Waals surface area (Å²) in [5, 5.41) is 0. The van der Waals surface area contributed by atoms with Gasteiger partial charge >= 0.3 is 8.80 Å². The van der Waals surface area contributed by atoms with E-state index in [1.54, 1.807) is 14.2 Å². The van der Waals surface area contributed by atoms with Crippen LogP contribution in [-0.2, 0) is 13.3 Å². The Morgan fingerprint density at radius 2 is 1.53 bits per heavy atom. The van der Waals surface area contributed by atoms with Gasteiger partial charge in [0.1, 0.15) is 0 Å². The fraction of sp³-hybridized carbons (Fsp3) is 1.00. The van der Waals surface area contributed by atoms with Crippen molar-refractivity contribution in [2.75, 3.05) is 41.4 Å². The molecule has 0 amide bonds. The highest BCUT2D eigenvalue weighted by Crippen LogP contribution is 2.19. The van der Waals surface area contributed by atoms with Crippen LogP contribution in [0.3, 0.4) is 0 Å². The van der Waals surface area contributed by atoms with Gasteiger partial charge in [-0.3, -0.25) is 0 Å². The molecule has 0 rings (SSSR count). The fourth-order valence-electron chi connectivity index (χ4n) is 2.22. The van der Waals surface area contributed by atoms with Gasteiger partial charge in [0.05, 0.1) is 27.2 Å². The highest BCUT2D eigenvalue weighted by molar-refractivity contribution is 6.60. The minimum atomic E-state index is -2.45. The summed E-state index contributed by atoms with van der Waals surface area (Å²) in [5.41, 5.74) is 0. The summed E-state index contributed by atoms with van der Waals surface area (Å²) in [6.45, 7) is 8.67. The zero-order chi connectivity index (χ0) is 14.9. The lowest BCUT2D eigenvalue weighted by Crippen LogP contribution is -2.47. The zero-order valence-corrected chi connectivity index (χ0v) is 15.0. The zero-order valence-electron chi connectivity index (χ0n) is 14.0. The predicted octanol–water partition coefficient (Wildman–Crippen LogP) is 2.91. The minimum absolute atomic E-state index is 0.147. The molecule has 5 heteroatoms. The molecule has 0 fully saturated rings. The summed E-state index contributed by atoms with van der Waals surface area (Å²) in [4.78, 5) is 0. The molecule has 0 spiro atoms. The van der Waals surface area contributed by atoms with Gasteiger partial charge in [0.15, 0.2) is 0 Å². The maximum Gasteiger partial charge on any atom is 0.500 e. The Kier molecular flexibility index (Phi) is 9.10. The predicted molar refractivity (Wildman–Crippen MR) is 82.2 cm³/mol. The van der Waals surface area contributed by atoms with Gasteiger partial charge in [-0.05, 0) is 20.3 Å². The van der Waals surface area contributed by atoms with E-state index >= 15 is 0 Å². The lowest BCUT2D eigenvalue weighted by Gasteiger charge is -2.32. The average molecular weight is 293 g/mol. The Balaban J connectivity index is 4.25. The molecule has 0 atom stereocenters. The Labute approximate surface area is 121 Å². The van der Waals surface area contributed by atoms with Crippen LogP contribution in [0.15, 0.2) is 0 Å². The molecule has 0 saturated heterocycles. The van der Waals surface area contributed by atoms with E-state index in [-0.39, 0.29) is 6.10 Å². The molecule has 0 heterocycles. The molecule has 0 aromatic heterocycles. The van der Waals surface area contributed by atoms with Crippen molar-refractivity contribution in [3.05, 3.63) is 0 Å². The van der Waals surface area contributed by atoms with Crippen molar-refractivity contribution >= 4 is 8.80 Å². The van der Waals surface area contributed by atoms with Crippen LogP contribution in [0.5, 0.6) is 0 Å². The monoisotopic (exact) mass is 292 g/mol. The summed E-state index contributed by atoms with van der Waals surface area (Å²) in [6.07, 6.45) is 3.77. The van der Waals surface area contributed by atoms with Crippen molar-refractivity contribution < 1.29 is 17.8 Å². The van der Waals surface area contributed by atoms with E-state index in [1.165, 1.54) is 19.4 Å². The van der Waals surface area contributed by atoms with Crippen molar-refractivity contribution in [3.63, 3.8) is 0 Å². The molecule has 0 aliphatic heterocycles. The van der Waals surface area contributed by atoms with Crippen molar-refractivity contribution in [2.45, 2.75) is 52.2 Å². The van der Waals surface area contributed by atoms with Gasteiger partial charge in [0, 0.05) is 32.8 Å². The highest BCUT2D eigenvalue weighted by Gasteiger charge is 2.40. The fourth-order valence-corrected chi connectivity index (χ4v) is 4.42. The lowest BCUT2D eigenvalue weighted by atomic mass is 10.3. The minimum Gasteiger partial charge on any atom is -0.377 e. The number of unbranched alkanes of at least 4 members (excludes halogenated alkanes) is 1. The lowest BCUT2D eigenvalue weighted by molar-refractivity contribution is -0.890. The summed E-state index contributed by atoms with van der Waals surface area (Å²) in [5.74, 6) is 0. The molecule has 0 aromatic carbocycles. The Hall–Kier alpha value is 0.0569. The van der Waals surface area contributed by atoms with Gasteiger partial charge in [-0.15, -0.1) is 0 Å². The second-order valence-corrected chi connectivity index (χ2v) is 9.02.